The Bertz CT molecular complexity index is 1360. The average molecular weight is 463 g/mol. The molecule has 4 N–H and O–H groups in total. The number of benzene rings is 2. The van der Waals surface area contributed by atoms with Crippen LogP contribution >= 0.6 is 11.6 Å². The van der Waals surface area contributed by atoms with Crippen LogP contribution < -0.4 is 11.1 Å². The zero-order valence-corrected chi connectivity index (χ0v) is 17.0. The summed E-state index contributed by atoms with van der Waals surface area (Å²) in [6.45, 7) is 1.62. The lowest BCUT2D eigenvalue weighted by molar-refractivity contribution is -0.124. The molecule has 2 aromatic carbocycles. The molecular weight excluding hydrogens is 449 g/mol. The van der Waals surface area contributed by atoms with Gasteiger partial charge in [0.2, 0.25) is 0 Å². The van der Waals surface area contributed by atoms with E-state index in [4.69, 9.17) is 17.3 Å². The van der Waals surface area contributed by atoms with Gasteiger partial charge in [0.1, 0.15) is 28.9 Å². The summed E-state index contributed by atoms with van der Waals surface area (Å²) in [4.78, 5) is 20.2. The van der Waals surface area contributed by atoms with Gasteiger partial charge in [0.15, 0.2) is 23.6 Å². The number of hydrogen-bond acceptors (Lipinski definition) is 6. The van der Waals surface area contributed by atoms with Crippen molar-refractivity contribution in [2.24, 2.45) is 0 Å². The molecule has 0 aliphatic rings. The smallest absolute Gasteiger partial charge is 0.257 e. The molecule has 0 spiro atoms. The third-order valence-corrected chi connectivity index (χ3v) is 4.87. The number of nitrogens with one attached hydrogen (secondary N) is 1. The molecule has 0 saturated carbocycles. The summed E-state index contributed by atoms with van der Waals surface area (Å²) in [5, 5.41) is 16.3. The quantitative estimate of drug-likeness (QED) is 0.427. The van der Waals surface area contributed by atoms with Crippen molar-refractivity contribution in [3.05, 3.63) is 70.4 Å². The molecule has 12 heteroatoms. The number of nitrogens with zero attached hydrogens (tertiary/aromatic N) is 4. The summed E-state index contributed by atoms with van der Waals surface area (Å²) in [5.41, 5.74) is 5.84. The fourth-order valence-corrected chi connectivity index (χ4v) is 3.40. The number of halogens is 4. The minimum absolute atomic E-state index is 0.0182. The van der Waals surface area contributed by atoms with E-state index in [1.165, 1.54) is 12.4 Å². The van der Waals surface area contributed by atoms with Crippen molar-refractivity contribution < 1.29 is 23.1 Å². The number of anilines is 2. The van der Waals surface area contributed by atoms with E-state index in [9.17, 15) is 23.1 Å². The number of carbonyl (C=O) groups is 1. The van der Waals surface area contributed by atoms with Crippen molar-refractivity contribution in [3.63, 3.8) is 0 Å². The van der Waals surface area contributed by atoms with Crippen LogP contribution in [0.5, 0.6) is 0 Å². The molecule has 8 nitrogen and oxygen atoms in total. The highest BCUT2D eigenvalue weighted by atomic mass is 35.5. The van der Waals surface area contributed by atoms with E-state index in [1.807, 2.05) is 0 Å². The molecule has 0 fully saturated rings. The number of hydrogen-bond donors (Lipinski definition) is 3. The Morgan fingerprint density at radius 3 is 2.66 bits per heavy atom. The second-order valence-electron chi connectivity index (χ2n) is 6.81. The van der Waals surface area contributed by atoms with Gasteiger partial charge in [-0.3, -0.25) is 4.79 Å². The molecule has 164 valence electrons. The third-order valence-electron chi connectivity index (χ3n) is 4.65. The number of rotatable bonds is 4. The van der Waals surface area contributed by atoms with Gasteiger partial charge in [-0.15, -0.1) is 0 Å². The van der Waals surface area contributed by atoms with E-state index in [1.54, 1.807) is 6.92 Å². The number of aliphatic hydroxyl groups excluding tert-OH is 1. The van der Waals surface area contributed by atoms with Crippen LogP contribution in [0, 0.1) is 24.4 Å². The predicted molar refractivity (Wildman–Crippen MR) is 111 cm³/mol. The van der Waals surface area contributed by atoms with Gasteiger partial charge in [-0.05, 0) is 42.8 Å². The van der Waals surface area contributed by atoms with Crippen LogP contribution in [0.3, 0.4) is 0 Å². The Kier molecular flexibility index (Phi) is 5.45. The van der Waals surface area contributed by atoms with Gasteiger partial charge in [-0.25, -0.2) is 27.8 Å². The summed E-state index contributed by atoms with van der Waals surface area (Å²) in [5.74, 6) is -4.61. The monoisotopic (exact) mass is 462 g/mol. The molecule has 1 amide bonds. The van der Waals surface area contributed by atoms with Crippen LogP contribution in [0.4, 0.5) is 24.7 Å². The maximum atomic E-state index is 14.9. The van der Waals surface area contributed by atoms with Gasteiger partial charge < -0.3 is 16.2 Å². The molecule has 2 heterocycles. The van der Waals surface area contributed by atoms with Gasteiger partial charge in [0.25, 0.3) is 5.91 Å². The number of aromatic nitrogens is 4. The number of amides is 1. The molecule has 0 unspecified atom stereocenters. The van der Waals surface area contributed by atoms with Crippen LogP contribution in [0.1, 0.15) is 17.4 Å². The van der Waals surface area contributed by atoms with Crippen molar-refractivity contribution in [1.82, 2.24) is 19.7 Å². The van der Waals surface area contributed by atoms with E-state index in [-0.39, 0.29) is 27.6 Å². The Morgan fingerprint density at radius 2 is 1.94 bits per heavy atom. The Balaban J connectivity index is 1.68. The van der Waals surface area contributed by atoms with E-state index in [2.05, 4.69) is 20.4 Å². The lowest BCUT2D eigenvalue weighted by atomic mass is 10.1. The summed E-state index contributed by atoms with van der Waals surface area (Å²) in [6.07, 6.45) is -0.649. The van der Waals surface area contributed by atoms with Crippen LogP contribution in [-0.2, 0) is 4.79 Å². The molecule has 0 saturated heterocycles. The lowest BCUT2D eigenvalue weighted by Crippen LogP contribution is -2.22. The first-order valence-electron chi connectivity index (χ1n) is 9.06. The van der Waals surface area contributed by atoms with E-state index in [0.717, 1.165) is 28.9 Å². The molecule has 0 bridgehead atoms. The fourth-order valence-electron chi connectivity index (χ4n) is 3.17. The topological polar surface area (TPSA) is 119 Å². The van der Waals surface area contributed by atoms with Crippen LogP contribution in [0.15, 0.2) is 36.7 Å². The number of nitrogen functional groups attached to an aromatic ring is 1. The highest BCUT2D eigenvalue weighted by Gasteiger charge is 2.24. The van der Waals surface area contributed by atoms with E-state index in [0.29, 0.717) is 11.2 Å². The minimum atomic E-state index is -1.88. The SMILES string of the molecule is Cc1nn(-c2ccc(NC(=O)[C@H](O)c3cc(F)cc(Cl)c3)c(F)c2F)c2c(N)ncnc12. The maximum Gasteiger partial charge on any atom is 0.257 e. The highest BCUT2D eigenvalue weighted by molar-refractivity contribution is 6.30. The molecule has 2 aromatic heterocycles. The van der Waals surface area contributed by atoms with E-state index < -0.39 is 35.2 Å². The normalized spacial score (nSPS) is 12.2. The second kappa shape index (κ2) is 8.09. The maximum absolute atomic E-state index is 14.9. The molecule has 4 aromatic rings. The summed E-state index contributed by atoms with van der Waals surface area (Å²) in [6, 6.07) is 5.31. The van der Waals surface area contributed by atoms with Gasteiger partial charge in [-0.2, -0.15) is 5.10 Å². The van der Waals surface area contributed by atoms with Crippen LogP contribution in [0.25, 0.3) is 16.7 Å². The molecule has 32 heavy (non-hydrogen) atoms. The predicted octanol–water partition coefficient (Wildman–Crippen LogP) is 3.45. The standard InChI is InChI=1S/C20H14ClF3N6O2/c1-8-16-17(19(25)27-7-26-16)30(29-8)13-3-2-12(14(23)15(13)24)28-20(32)18(31)9-4-10(21)6-11(22)5-9/h2-7,18,31H,1H3,(H,28,32)(H2,25,26,27)/t18-/m1/s1. The van der Waals surface area contributed by atoms with Gasteiger partial charge >= 0.3 is 0 Å². The number of nitrogens with two attached hydrogens (primary N) is 1. The van der Waals surface area contributed by atoms with E-state index >= 15 is 0 Å². The number of aryl methyl sites for hydroxylation is 1. The number of aliphatic hydroxyl groups is 1. The molecule has 0 aliphatic carbocycles. The van der Waals surface area contributed by atoms with Crippen molar-refractivity contribution in [3.8, 4) is 5.69 Å². The molecule has 4 rings (SSSR count). The van der Waals surface area contributed by atoms with Gasteiger partial charge in [0, 0.05) is 5.02 Å². The summed E-state index contributed by atoms with van der Waals surface area (Å²) >= 11 is 5.72. The minimum Gasteiger partial charge on any atom is -0.382 e. The Morgan fingerprint density at radius 1 is 1.19 bits per heavy atom. The van der Waals surface area contributed by atoms with Crippen molar-refractivity contribution in [2.45, 2.75) is 13.0 Å². The third kappa shape index (κ3) is 3.72. The first kappa shape index (κ1) is 21.5. The lowest BCUT2D eigenvalue weighted by Gasteiger charge is -2.14. The van der Waals surface area contributed by atoms with Crippen LogP contribution in [0.2, 0.25) is 5.02 Å². The fraction of sp³-hybridized carbons (Fsp3) is 0.100. The second-order valence-corrected chi connectivity index (χ2v) is 7.24. The highest BCUT2D eigenvalue weighted by Crippen LogP contribution is 2.29. The zero-order chi connectivity index (χ0) is 23.2. The number of carbonyl (C=O) groups excluding carboxylic acids is 1. The van der Waals surface area contributed by atoms with Gasteiger partial charge in [-0.1, -0.05) is 11.6 Å². The summed E-state index contributed by atoms with van der Waals surface area (Å²) < 4.78 is 44.2. The molecule has 0 aliphatic heterocycles. The first-order valence-corrected chi connectivity index (χ1v) is 9.44. The van der Waals surface area contributed by atoms with Crippen molar-refractivity contribution >= 4 is 40.0 Å². The summed E-state index contributed by atoms with van der Waals surface area (Å²) in [7, 11) is 0. The largest absolute Gasteiger partial charge is 0.382 e. The van der Waals surface area contributed by atoms with Crippen molar-refractivity contribution in [1.29, 1.82) is 0 Å². The Labute approximate surface area is 183 Å². The molecule has 0 radical (unpaired) electrons. The number of fused-ring (bicyclic) bond motifs is 1. The zero-order valence-electron chi connectivity index (χ0n) is 16.3. The average Bonchev–Trinajstić information content (AvgIpc) is 3.08. The van der Waals surface area contributed by atoms with Crippen molar-refractivity contribution in [2.75, 3.05) is 11.1 Å². The van der Waals surface area contributed by atoms with Crippen LogP contribution in [-0.4, -0.2) is 30.8 Å². The Hall–Kier alpha value is -3.70. The first-order chi connectivity index (χ1) is 15.2. The van der Waals surface area contributed by atoms with Gasteiger partial charge in [0.05, 0.1) is 11.4 Å². The molecule has 1 atom stereocenters. The molecular formula is C20H14ClF3N6O2.